The van der Waals surface area contributed by atoms with Crippen molar-refractivity contribution in [3.63, 3.8) is 0 Å². The molecule has 1 saturated carbocycles. The first-order chi connectivity index (χ1) is 8.74. The van der Waals surface area contributed by atoms with Crippen LogP contribution in [0.3, 0.4) is 0 Å². The second kappa shape index (κ2) is 6.08. The van der Waals surface area contributed by atoms with Crippen molar-refractivity contribution < 1.29 is 14.3 Å². The molecule has 18 heavy (non-hydrogen) atoms. The molecule has 1 aromatic heterocycles. The minimum Gasteiger partial charge on any atom is -0.454 e. The molecule has 0 unspecified atom stereocenters. The Morgan fingerprint density at radius 2 is 2.17 bits per heavy atom. The van der Waals surface area contributed by atoms with Crippen LogP contribution < -0.4 is 5.32 Å². The molecule has 1 heterocycles. The number of nitrogens with one attached hydrogen (secondary N) is 1. The summed E-state index contributed by atoms with van der Waals surface area (Å²) in [6.45, 7) is -0.346. The lowest BCUT2D eigenvalue weighted by atomic mass is 10.2. The Labute approximate surface area is 104 Å². The van der Waals surface area contributed by atoms with Gasteiger partial charge in [0.05, 0.1) is 0 Å². The quantitative estimate of drug-likeness (QED) is 0.695. The van der Waals surface area contributed by atoms with Gasteiger partial charge in [0.1, 0.15) is 12.9 Å². The monoisotopic (exact) mass is 253 g/mol. The molecule has 0 spiro atoms. The van der Waals surface area contributed by atoms with Crippen molar-refractivity contribution in [2.24, 2.45) is 0 Å². The molecule has 1 aromatic rings. The van der Waals surface area contributed by atoms with E-state index in [-0.39, 0.29) is 25.1 Å². The Hall–Kier alpha value is -1.99. The number of tetrazole rings is 1. The predicted molar refractivity (Wildman–Crippen MR) is 59.2 cm³/mol. The largest absolute Gasteiger partial charge is 0.454 e. The number of carbonyl (C=O) groups excluding carboxylic acids is 2. The minimum absolute atomic E-state index is 0.0935. The molecule has 8 nitrogen and oxygen atoms in total. The van der Waals surface area contributed by atoms with Gasteiger partial charge in [0, 0.05) is 6.04 Å². The highest BCUT2D eigenvalue weighted by atomic mass is 16.5. The van der Waals surface area contributed by atoms with Crippen molar-refractivity contribution in [1.82, 2.24) is 25.5 Å². The van der Waals surface area contributed by atoms with E-state index in [0.29, 0.717) is 0 Å². The van der Waals surface area contributed by atoms with Crippen molar-refractivity contribution in [1.29, 1.82) is 0 Å². The van der Waals surface area contributed by atoms with Gasteiger partial charge in [-0.2, -0.15) is 0 Å². The van der Waals surface area contributed by atoms with Gasteiger partial charge in [-0.3, -0.25) is 9.59 Å². The second-order valence-electron chi connectivity index (χ2n) is 4.22. The highest BCUT2D eigenvalue weighted by Crippen LogP contribution is 2.17. The molecule has 98 valence electrons. The Kier molecular flexibility index (Phi) is 4.21. The molecule has 8 heteroatoms. The number of hydrogen-bond donors (Lipinski definition) is 1. The van der Waals surface area contributed by atoms with Gasteiger partial charge in [0.2, 0.25) is 0 Å². The zero-order chi connectivity index (χ0) is 12.8. The van der Waals surface area contributed by atoms with Crippen molar-refractivity contribution >= 4 is 11.9 Å². The van der Waals surface area contributed by atoms with Crippen LogP contribution in [-0.4, -0.2) is 44.7 Å². The number of ether oxygens (including phenoxy) is 1. The first-order valence-electron chi connectivity index (χ1n) is 5.90. The van der Waals surface area contributed by atoms with E-state index in [9.17, 15) is 9.59 Å². The van der Waals surface area contributed by atoms with Gasteiger partial charge in [-0.1, -0.05) is 12.8 Å². The van der Waals surface area contributed by atoms with Crippen LogP contribution in [0.15, 0.2) is 6.33 Å². The molecule has 0 aromatic carbocycles. The number of hydrogen-bond acceptors (Lipinski definition) is 6. The molecule has 1 aliphatic rings. The first-order valence-corrected chi connectivity index (χ1v) is 5.90. The fourth-order valence-corrected chi connectivity index (χ4v) is 1.92. The highest BCUT2D eigenvalue weighted by Gasteiger charge is 2.17. The predicted octanol–water partition coefficient (Wildman–Crippen LogP) is -0.725. The fraction of sp³-hybridized carbons (Fsp3) is 0.700. The molecule has 0 aliphatic heterocycles. The summed E-state index contributed by atoms with van der Waals surface area (Å²) in [6.07, 6.45) is 5.60. The molecule has 1 fully saturated rings. The average molecular weight is 253 g/mol. The second-order valence-corrected chi connectivity index (χ2v) is 4.22. The lowest BCUT2D eigenvalue weighted by Gasteiger charge is -2.11. The summed E-state index contributed by atoms with van der Waals surface area (Å²) in [5.74, 6) is -0.796. The van der Waals surface area contributed by atoms with Crippen molar-refractivity contribution in [2.45, 2.75) is 38.3 Å². The van der Waals surface area contributed by atoms with E-state index in [1.54, 1.807) is 0 Å². The van der Waals surface area contributed by atoms with Gasteiger partial charge in [0.25, 0.3) is 5.91 Å². The Balaban J connectivity index is 1.64. The first kappa shape index (κ1) is 12.5. The zero-order valence-corrected chi connectivity index (χ0v) is 9.91. The molecule has 0 bridgehead atoms. The maximum Gasteiger partial charge on any atom is 0.328 e. The van der Waals surface area contributed by atoms with Crippen LogP contribution >= 0.6 is 0 Å². The summed E-state index contributed by atoms with van der Waals surface area (Å²) in [6, 6.07) is 0.232. The van der Waals surface area contributed by atoms with Crippen LogP contribution in [0, 0.1) is 0 Å². The standard InChI is InChI=1S/C10H15N5O3/c16-9(12-8-3-1-2-4-8)6-18-10(17)5-15-7-11-13-14-15/h7-8H,1-6H2,(H,12,16). The Bertz CT molecular complexity index is 400. The number of amides is 1. The summed E-state index contributed by atoms with van der Waals surface area (Å²) in [5, 5.41) is 13.1. The maximum atomic E-state index is 11.5. The normalized spacial score (nSPS) is 15.6. The lowest BCUT2D eigenvalue weighted by molar-refractivity contribution is -0.149. The number of esters is 1. The van der Waals surface area contributed by atoms with Gasteiger partial charge in [0.15, 0.2) is 6.61 Å². The van der Waals surface area contributed by atoms with Crippen LogP contribution in [0.1, 0.15) is 25.7 Å². The zero-order valence-electron chi connectivity index (χ0n) is 9.91. The minimum atomic E-state index is -0.538. The van der Waals surface area contributed by atoms with E-state index < -0.39 is 5.97 Å². The van der Waals surface area contributed by atoms with Crippen molar-refractivity contribution in [2.75, 3.05) is 6.61 Å². The van der Waals surface area contributed by atoms with Crippen molar-refractivity contribution in [3.8, 4) is 0 Å². The van der Waals surface area contributed by atoms with Crippen LogP contribution in [0.5, 0.6) is 0 Å². The molecule has 1 amide bonds. The van der Waals surface area contributed by atoms with Crippen LogP contribution in [0.4, 0.5) is 0 Å². The Morgan fingerprint density at radius 3 is 2.83 bits per heavy atom. The number of nitrogens with zero attached hydrogens (tertiary/aromatic N) is 4. The summed E-state index contributed by atoms with van der Waals surface area (Å²) < 4.78 is 6.05. The topological polar surface area (TPSA) is 99.0 Å². The van der Waals surface area contributed by atoms with E-state index in [4.69, 9.17) is 4.74 Å². The van der Waals surface area contributed by atoms with Gasteiger partial charge in [-0.15, -0.1) is 5.10 Å². The third-order valence-electron chi connectivity index (χ3n) is 2.77. The summed E-state index contributed by atoms with van der Waals surface area (Å²) in [5.41, 5.74) is 0. The van der Waals surface area contributed by atoms with Gasteiger partial charge in [-0.25, -0.2) is 4.68 Å². The summed E-state index contributed by atoms with van der Waals surface area (Å²) in [4.78, 5) is 22.8. The molecule has 1 aliphatic carbocycles. The van der Waals surface area contributed by atoms with Gasteiger partial charge < -0.3 is 10.1 Å². The highest BCUT2D eigenvalue weighted by molar-refractivity contribution is 5.80. The third kappa shape index (κ3) is 3.79. The number of rotatable bonds is 5. The van der Waals surface area contributed by atoms with E-state index in [1.165, 1.54) is 11.0 Å². The molecule has 1 N–H and O–H groups in total. The smallest absolute Gasteiger partial charge is 0.328 e. The molecular weight excluding hydrogens is 238 g/mol. The van der Waals surface area contributed by atoms with Gasteiger partial charge >= 0.3 is 5.97 Å². The maximum absolute atomic E-state index is 11.5. The molecular formula is C10H15N5O3. The van der Waals surface area contributed by atoms with Gasteiger partial charge in [-0.05, 0) is 23.3 Å². The third-order valence-corrected chi connectivity index (χ3v) is 2.77. The lowest BCUT2D eigenvalue weighted by Crippen LogP contribution is -2.36. The summed E-state index contributed by atoms with van der Waals surface area (Å²) >= 11 is 0. The molecule has 0 atom stereocenters. The molecule has 2 rings (SSSR count). The van der Waals surface area contributed by atoms with Crippen LogP contribution in [-0.2, 0) is 20.9 Å². The van der Waals surface area contributed by atoms with Crippen molar-refractivity contribution in [3.05, 3.63) is 6.33 Å². The van der Waals surface area contributed by atoms with E-state index >= 15 is 0 Å². The number of aromatic nitrogens is 4. The fourth-order valence-electron chi connectivity index (χ4n) is 1.92. The molecule has 0 radical (unpaired) electrons. The number of carbonyl (C=O) groups is 2. The van der Waals surface area contributed by atoms with E-state index in [0.717, 1.165) is 25.7 Å². The SMILES string of the molecule is O=C(COC(=O)Cn1cnnn1)NC1CCCC1. The van der Waals surface area contributed by atoms with Crippen LogP contribution in [0.25, 0.3) is 0 Å². The Morgan fingerprint density at radius 1 is 1.39 bits per heavy atom. The van der Waals surface area contributed by atoms with Crippen LogP contribution in [0.2, 0.25) is 0 Å². The molecule has 0 saturated heterocycles. The van der Waals surface area contributed by atoms with E-state index in [2.05, 4.69) is 20.8 Å². The van der Waals surface area contributed by atoms with E-state index in [1.807, 2.05) is 0 Å². The average Bonchev–Trinajstić information content (AvgIpc) is 2.99. The summed E-state index contributed by atoms with van der Waals surface area (Å²) in [7, 11) is 0.